The van der Waals surface area contributed by atoms with Crippen molar-refractivity contribution >= 4 is 62.1 Å². The summed E-state index contributed by atoms with van der Waals surface area (Å²) in [5, 5.41) is 16.6. The Morgan fingerprint density at radius 1 is 0.758 bits per heavy atom. The van der Waals surface area contributed by atoms with Gasteiger partial charge in [0.2, 0.25) is 0 Å². The number of thiophene rings is 1. The van der Waals surface area contributed by atoms with Crippen LogP contribution in [0.4, 0.5) is 0 Å². The van der Waals surface area contributed by atoms with Gasteiger partial charge in [-0.25, -0.2) is 4.99 Å². The molecule has 6 atom stereocenters. The van der Waals surface area contributed by atoms with Crippen molar-refractivity contribution in [3.05, 3.63) is 140 Å². The van der Waals surface area contributed by atoms with E-state index in [2.05, 4.69) is 130 Å². The Labute approximate surface area is 371 Å². The van der Waals surface area contributed by atoms with E-state index in [9.17, 15) is 0 Å². The molecular weight excluding hydrogens is 775 g/mol. The average molecular weight is 836 g/mol. The van der Waals surface area contributed by atoms with E-state index in [-0.39, 0.29) is 18.2 Å². The van der Waals surface area contributed by atoms with Crippen molar-refractivity contribution in [2.75, 3.05) is 6.54 Å². The number of amidine groups is 1. The molecule has 0 radical (unpaired) electrons. The number of allylic oxidation sites excluding steroid dienone is 15. The topological polar surface area (TPSA) is 53.4 Å². The highest BCUT2D eigenvalue weighted by atomic mass is 32.1. The van der Waals surface area contributed by atoms with Crippen molar-refractivity contribution in [3.63, 3.8) is 0 Å². The molecule has 0 saturated carbocycles. The van der Waals surface area contributed by atoms with Crippen LogP contribution in [-0.4, -0.2) is 29.3 Å². The molecule has 9 aliphatic rings. The highest BCUT2D eigenvalue weighted by Crippen LogP contribution is 2.42. The van der Waals surface area contributed by atoms with Gasteiger partial charge in [0.1, 0.15) is 12.0 Å². The fourth-order valence-corrected chi connectivity index (χ4v) is 13.4. The van der Waals surface area contributed by atoms with Crippen LogP contribution in [0.1, 0.15) is 108 Å². The van der Waals surface area contributed by atoms with Crippen LogP contribution < -0.4 is 25.7 Å². The number of hydrogen-bond donors (Lipinski definition) is 3. The lowest BCUT2D eigenvalue weighted by Gasteiger charge is -2.41. The van der Waals surface area contributed by atoms with Gasteiger partial charge in [0.15, 0.2) is 0 Å². The molecule has 2 aromatic heterocycles. The number of nitrogens with zero attached hydrogens (tertiary/aromatic N) is 2. The average Bonchev–Trinajstić information content (AvgIpc) is 3.88. The lowest BCUT2D eigenvalue weighted by Crippen LogP contribution is -2.58. The van der Waals surface area contributed by atoms with Crippen molar-refractivity contribution < 1.29 is 0 Å². The first-order valence-electron chi connectivity index (χ1n) is 24.2. The number of benzene rings is 1. The molecule has 2 aliphatic heterocycles. The fraction of sp³-hybridized carbons (Fsp3) is 0.411. The zero-order valence-corrected chi connectivity index (χ0v) is 37.0. The number of aromatic nitrogens is 1. The van der Waals surface area contributed by atoms with Gasteiger partial charge in [0.25, 0.3) is 0 Å². The van der Waals surface area contributed by atoms with E-state index in [1.807, 2.05) is 11.3 Å². The molecule has 3 N–H and O–H groups in total. The fourth-order valence-electron chi connectivity index (χ4n) is 12.2. The van der Waals surface area contributed by atoms with Crippen LogP contribution in [0.15, 0.2) is 124 Å². The molecule has 7 aliphatic carbocycles. The summed E-state index contributed by atoms with van der Waals surface area (Å²) in [6.07, 6.45) is 56.8. The number of hydrogen-bond acceptors (Lipinski definition) is 5. The number of aliphatic imine (C=N–C) groups is 1. The maximum absolute atomic E-state index is 5.66. The summed E-state index contributed by atoms with van der Waals surface area (Å²) in [6.45, 7) is 1.03. The highest BCUT2D eigenvalue weighted by Gasteiger charge is 2.37. The molecule has 12 rings (SSSR count). The zero-order chi connectivity index (χ0) is 41.0. The maximum Gasteiger partial charge on any atom is 0.129 e. The summed E-state index contributed by atoms with van der Waals surface area (Å²) in [7, 11) is 0. The third kappa shape index (κ3) is 7.15. The molecule has 0 amide bonds. The minimum absolute atomic E-state index is 0.0647. The summed E-state index contributed by atoms with van der Waals surface area (Å²) >= 11 is 2.00. The van der Waals surface area contributed by atoms with Crippen molar-refractivity contribution in [2.45, 2.75) is 115 Å². The van der Waals surface area contributed by atoms with Crippen LogP contribution in [-0.2, 0) is 6.42 Å². The second-order valence-electron chi connectivity index (χ2n) is 19.3. The largest absolute Gasteiger partial charge is 0.387 e. The number of nitrogens with one attached hydrogen (secondary N) is 3. The first kappa shape index (κ1) is 38.7. The zero-order valence-electron chi connectivity index (χ0n) is 36.2. The van der Waals surface area contributed by atoms with E-state index in [1.165, 1.54) is 122 Å². The summed E-state index contributed by atoms with van der Waals surface area (Å²) in [5.41, 5.74) is 13.2. The minimum atomic E-state index is -0.0647. The second kappa shape index (κ2) is 16.7. The molecule has 0 spiro atoms. The predicted molar refractivity (Wildman–Crippen MR) is 263 cm³/mol. The molecule has 1 aromatic carbocycles. The lowest BCUT2D eigenvalue weighted by molar-refractivity contribution is 0.280. The minimum Gasteiger partial charge on any atom is -0.387 e. The molecule has 0 fully saturated rings. The first-order valence-corrected chi connectivity index (χ1v) is 25.0. The van der Waals surface area contributed by atoms with Gasteiger partial charge in [-0.15, -0.1) is 11.3 Å². The molecule has 5 nitrogen and oxygen atoms in total. The smallest absolute Gasteiger partial charge is 0.129 e. The SMILES string of the molecule is C1=CCCC(C2=CCCC(C3CNC(C4C=c5c(sc6cc7c(cc56)c5c(n7C6=CCCCC6)CCC=C5)=CC4)=C(C4=NC(C5=CCCC=C5)NC(C5C=CC=CC5)N4)C3)C2)=C1. The summed E-state index contributed by atoms with van der Waals surface area (Å²) in [6, 6.07) is 5.11. The summed E-state index contributed by atoms with van der Waals surface area (Å²) in [4.78, 5) is 5.66. The van der Waals surface area contributed by atoms with E-state index in [4.69, 9.17) is 4.99 Å². The van der Waals surface area contributed by atoms with Gasteiger partial charge >= 0.3 is 0 Å². The van der Waals surface area contributed by atoms with Crippen molar-refractivity contribution in [1.82, 2.24) is 20.5 Å². The monoisotopic (exact) mass is 835 g/mol. The molecule has 316 valence electrons. The lowest BCUT2D eigenvalue weighted by atomic mass is 9.73. The van der Waals surface area contributed by atoms with Crippen LogP contribution in [0.3, 0.4) is 0 Å². The molecule has 4 heterocycles. The summed E-state index contributed by atoms with van der Waals surface area (Å²) in [5.74, 6) is 2.94. The maximum atomic E-state index is 5.66. The van der Waals surface area contributed by atoms with Crippen LogP contribution in [0.2, 0.25) is 0 Å². The second-order valence-corrected chi connectivity index (χ2v) is 20.4. The quantitative estimate of drug-likeness (QED) is 0.222. The number of rotatable bonds is 7. The van der Waals surface area contributed by atoms with Crippen molar-refractivity contribution in [1.29, 1.82) is 0 Å². The van der Waals surface area contributed by atoms with Gasteiger partial charge in [-0.1, -0.05) is 97.2 Å². The molecular formula is C56H61N5S. The Kier molecular flexibility index (Phi) is 10.4. The van der Waals surface area contributed by atoms with Crippen molar-refractivity contribution in [3.8, 4) is 0 Å². The van der Waals surface area contributed by atoms with Gasteiger partial charge in [-0.05, 0) is 149 Å². The van der Waals surface area contributed by atoms with Gasteiger partial charge in [-0.3, -0.25) is 5.32 Å². The third-order valence-corrected chi connectivity index (χ3v) is 16.6. The van der Waals surface area contributed by atoms with Gasteiger partial charge in [0.05, 0.1) is 11.7 Å². The molecule has 62 heavy (non-hydrogen) atoms. The number of fused-ring (bicyclic) bond motifs is 6. The predicted octanol–water partition coefficient (Wildman–Crippen LogP) is 11.3. The highest BCUT2D eigenvalue weighted by molar-refractivity contribution is 7.17. The van der Waals surface area contributed by atoms with E-state index in [0.29, 0.717) is 17.8 Å². The van der Waals surface area contributed by atoms with Crippen LogP contribution >= 0.6 is 11.3 Å². The Balaban J connectivity index is 0.959. The van der Waals surface area contributed by atoms with Gasteiger partial charge in [0, 0.05) is 66.6 Å². The standard InChI is InChI=1S/C56H61N5S/c1-5-16-36(17-6-1)39-22-15-23-40(30-39)42-32-48(56-59-54(37-18-7-2-8-19-37)58-55(60-56)38-20-9-3-10-21-38)53(57-35-42)41-28-29-51-46(31-41)47-33-45-44-26-13-14-27-49(44)61(43-24-11-4-12-25-43)50(45)34-52(47)62-51/h1-2,5,7-9,13,16,18,20-22,24,26,29,31,33-34,37,40-42,54-55,57-58H,3-4,6,10-12,14-15,17,19,23,25,27-28,30,32,35H2,(H,59,60). The van der Waals surface area contributed by atoms with Crippen LogP contribution in [0.25, 0.3) is 44.9 Å². The molecule has 3 aromatic rings. The molecule has 0 bridgehead atoms. The van der Waals surface area contributed by atoms with Gasteiger partial charge in [-0.2, -0.15) is 0 Å². The summed E-state index contributed by atoms with van der Waals surface area (Å²) < 4.78 is 5.52. The Bertz CT molecular complexity index is 2800. The van der Waals surface area contributed by atoms with E-state index >= 15 is 0 Å². The van der Waals surface area contributed by atoms with E-state index < -0.39 is 0 Å². The third-order valence-electron chi connectivity index (χ3n) is 15.5. The first-order chi connectivity index (χ1) is 30.7. The Morgan fingerprint density at radius 2 is 1.73 bits per heavy atom. The van der Waals surface area contributed by atoms with Crippen LogP contribution in [0, 0.1) is 23.7 Å². The van der Waals surface area contributed by atoms with E-state index in [1.54, 1.807) is 11.1 Å². The normalized spacial score (nSPS) is 29.4. The van der Waals surface area contributed by atoms with Crippen molar-refractivity contribution in [2.24, 2.45) is 28.7 Å². The Hall–Kier alpha value is -4.91. The van der Waals surface area contributed by atoms with Crippen LogP contribution in [0.5, 0.6) is 0 Å². The molecule has 6 heteroatoms. The van der Waals surface area contributed by atoms with Gasteiger partial charge < -0.3 is 15.2 Å². The molecule has 6 unspecified atom stereocenters. The Morgan fingerprint density at radius 3 is 2.60 bits per heavy atom. The van der Waals surface area contributed by atoms with E-state index in [0.717, 1.165) is 57.3 Å². The molecule has 0 saturated heterocycles.